The molecule has 408 valence electrons. The molecule has 9 heteroatoms. The van der Waals surface area contributed by atoms with Crippen LogP contribution in [0.1, 0.15) is 232 Å². The van der Waals surface area contributed by atoms with Gasteiger partial charge in [0.05, 0.1) is 34.4 Å². The molecule has 0 saturated heterocycles. The first-order valence-corrected chi connectivity index (χ1v) is 28.8. The molecule has 0 aromatic rings. The lowest BCUT2D eigenvalue weighted by Gasteiger charge is -2.25. The van der Waals surface area contributed by atoms with Crippen molar-refractivity contribution in [2.45, 2.75) is 245 Å². The number of unbranched alkanes of at least 4 members (excludes halogenated alkanes) is 23. The van der Waals surface area contributed by atoms with Crippen molar-refractivity contribution in [2.24, 2.45) is 0 Å². The third-order valence-corrected chi connectivity index (χ3v) is 12.2. The number of carbonyl (C=O) groups is 3. The summed E-state index contributed by atoms with van der Waals surface area (Å²) < 4.78 is 22.8. The molecule has 9 nitrogen and oxygen atoms in total. The second kappa shape index (κ2) is 52.8. The van der Waals surface area contributed by atoms with Crippen molar-refractivity contribution in [3.8, 4) is 0 Å². The van der Waals surface area contributed by atoms with Gasteiger partial charge in [-0.3, -0.25) is 9.59 Å². The SMILES string of the molecule is CC/C=C\C/C=C\C/C=C\C/C=C\C/C=C\C/C=C\C/C=C\CCCCCC(=O)OC(COC(=O)CCCCCCCCCCCCCCCCCCCCCCC)COC(OCC[N+](C)(C)C)C(=O)O. The second-order valence-corrected chi connectivity index (χ2v) is 20.2. The van der Waals surface area contributed by atoms with Crippen LogP contribution in [-0.4, -0.2) is 87.4 Å². The summed E-state index contributed by atoms with van der Waals surface area (Å²) in [6.07, 6.45) is 66.6. The van der Waals surface area contributed by atoms with E-state index in [-0.39, 0.29) is 32.2 Å². The Balaban J connectivity index is 4.35. The highest BCUT2D eigenvalue weighted by Crippen LogP contribution is 2.16. The average Bonchev–Trinajstić information content (AvgIpc) is 3.34. The van der Waals surface area contributed by atoms with Crippen molar-refractivity contribution in [3.05, 3.63) is 85.1 Å². The Morgan fingerprint density at radius 1 is 0.437 bits per heavy atom. The topological polar surface area (TPSA) is 108 Å². The van der Waals surface area contributed by atoms with Gasteiger partial charge < -0.3 is 28.5 Å². The number of likely N-dealkylation sites (N-methyl/N-ethyl adjacent to an activating group) is 1. The Bertz CT molecular complexity index is 1440. The number of carboxylic acid groups (broad SMARTS) is 1. The van der Waals surface area contributed by atoms with Crippen molar-refractivity contribution in [3.63, 3.8) is 0 Å². The molecule has 71 heavy (non-hydrogen) atoms. The smallest absolute Gasteiger partial charge is 0.361 e. The molecule has 0 heterocycles. The van der Waals surface area contributed by atoms with E-state index in [1.807, 2.05) is 21.1 Å². The van der Waals surface area contributed by atoms with E-state index in [1.165, 1.54) is 116 Å². The van der Waals surface area contributed by atoms with Crippen LogP contribution in [0.4, 0.5) is 0 Å². The van der Waals surface area contributed by atoms with Gasteiger partial charge in [0.25, 0.3) is 6.29 Å². The second-order valence-electron chi connectivity index (χ2n) is 20.2. The van der Waals surface area contributed by atoms with E-state index >= 15 is 0 Å². The predicted molar refractivity (Wildman–Crippen MR) is 299 cm³/mol. The lowest BCUT2D eigenvalue weighted by atomic mass is 10.0. The summed E-state index contributed by atoms with van der Waals surface area (Å²) in [7, 11) is 5.95. The summed E-state index contributed by atoms with van der Waals surface area (Å²) in [5.74, 6) is -2.05. The zero-order chi connectivity index (χ0) is 52.0. The van der Waals surface area contributed by atoms with E-state index in [0.29, 0.717) is 23.9 Å². The maximum absolute atomic E-state index is 12.9. The highest BCUT2D eigenvalue weighted by Gasteiger charge is 2.25. The van der Waals surface area contributed by atoms with E-state index < -0.39 is 24.3 Å². The number of allylic oxidation sites excluding steroid dienone is 14. The predicted octanol–water partition coefficient (Wildman–Crippen LogP) is 16.8. The van der Waals surface area contributed by atoms with E-state index in [2.05, 4.69) is 98.9 Å². The molecule has 0 rings (SSSR count). The molecule has 1 N–H and O–H groups in total. The summed E-state index contributed by atoms with van der Waals surface area (Å²) in [5.41, 5.74) is 0. The van der Waals surface area contributed by atoms with Gasteiger partial charge in [-0.2, -0.15) is 0 Å². The first-order valence-electron chi connectivity index (χ1n) is 28.8. The van der Waals surface area contributed by atoms with Crippen LogP contribution in [-0.2, 0) is 33.3 Å². The maximum atomic E-state index is 12.9. The van der Waals surface area contributed by atoms with Crippen molar-refractivity contribution in [2.75, 3.05) is 47.5 Å². The van der Waals surface area contributed by atoms with Gasteiger partial charge >= 0.3 is 17.9 Å². The Kier molecular flexibility index (Phi) is 50.2. The molecule has 0 radical (unpaired) electrons. The Morgan fingerprint density at radius 3 is 1.20 bits per heavy atom. The van der Waals surface area contributed by atoms with Gasteiger partial charge in [-0.15, -0.1) is 0 Å². The number of rotatable bonds is 52. The fourth-order valence-electron chi connectivity index (χ4n) is 7.76. The Labute approximate surface area is 436 Å². The van der Waals surface area contributed by atoms with Gasteiger partial charge in [-0.1, -0.05) is 234 Å². The summed E-state index contributed by atoms with van der Waals surface area (Å²) >= 11 is 0. The van der Waals surface area contributed by atoms with E-state index in [4.69, 9.17) is 18.9 Å². The molecular weight excluding hydrogens is 887 g/mol. The molecule has 0 aliphatic rings. The van der Waals surface area contributed by atoms with Gasteiger partial charge in [-0.25, -0.2) is 4.79 Å². The number of aliphatic carboxylic acids is 1. The molecule has 0 saturated carbocycles. The molecule has 0 aromatic heterocycles. The monoisotopic (exact) mass is 995 g/mol. The first kappa shape index (κ1) is 67.5. The van der Waals surface area contributed by atoms with Crippen molar-refractivity contribution in [1.82, 2.24) is 0 Å². The third-order valence-electron chi connectivity index (χ3n) is 12.2. The number of hydrogen-bond acceptors (Lipinski definition) is 7. The van der Waals surface area contributed by atoms with Gasteiger partial charge in [0.2, 0.25) is 0 Å². The van der Waals surface area contributed by atoms with Crippen LogP contribution in [0.2, 0.25) is 0 Å². The number of ether oxygens (including phenoxy) is 4. The largest absolute Gasteiger partial charge is 0.477 e. The fraction of sp³-hybridized carbons (Fsp3) is 0.726. The number of esters is 2. The van der Waals surface area contributed by atoms with Crippen LogP contribution in [0.5, 0.6) is 0 Å². The van der Waals surface area contributed by atoms with Crippen molar-refractivity contribution in [1.29, 1.82) is 0 Å². The lowest BCUT2D eigenvalue weighted by Crippen LogP contribution is -2.40. The van der Waals surface area contributed by atoms with Crippen LogP contribution in [0.25, 0.3) is 0 Å². The molecule has 0 amide bonds. The maximum Gasteiger partial charge on any atom is 0.361 e. The van der Waals surface area contributed by atoms with Crippen LogP contribution < -0.4 is 0 Å². The third kappa shape index (κ3) is 54.1. The number of hydrogen-bond donors (Lipinski definition) is 1. The zero-order valence-corrected chi connectivity index (χ0v) is 46.4. The molecule has 2 unspecified atom stereocenters. The fourth-order valence-corrected chi connectivity index (χ4v) is 7.76. The summed E-state index contributed by atoms with van der Waals surface area (Å²) in [6.45, 7) is 4.74. The van der Waals surface area contributed by atoms with Crippen molar-refractivity contribution >= 4 is 17.9 Å². The van der Waals surface area contributed by atoms with E-state index in [9.17, 15) is 19.5 Å². The van der Waals surface area contributed by atoms with Gasteiger partial charge in [0.15, 0.2) is 6.10 Å². The zero-order valence-electron chi connectivity index (χ0n) is 46.4. The molecule has 2 atom stereocenters. The quantitative estimate of drug-likeness (QED) is 0.0211. The Hall–Kier alpha value is -3.53. The minimum absolute atomic E-state index is 0.178. The summed E-state index contributed by atoms with van der Waals surface area (Å²) in [4.78, 5) is 37.4. The molecule has 0 aliphatic heterocycles. The number of quaternary nitrogens is 1. The summed E-state index contributed by atoms with van der Waals surface area (Å²) in [5, 5.41) is 9.70. The van der Waals surface area contributed by atoms with Crippen LogP contribution >= 0.6 is 0 Å². The minimum atomic E-state index is -1.52. The van der Waals surface area contributed by atoms with Gasteiger partial charge in [0.1, 0.15) is 13.2 Å². The average molecular weight is 996 g/mol. The van der Waals surface area contributed by atoms with Crippen LogP contribution in [0.3, 0.4) is 0 Å². The number of carboxylic acids is 1. The van der Waals surface area contributed by atoms with E-state index in [0.717, 1.165) is 83.5 Å². The van der Waals surface area contributed by atoms with Crippen LogP contribution in [0.15, 0.2) is 85.1 Å². The standard InChI is InChI=1S/C62H107NO8/c1-6-8-10-12-14-16-18-20-22-24-26-28-29-30-31-33-35-37-39-41-43-45-47-49-51-53-60(65)71-58(57-70-62(61(66)67)68-55-54-63(3,4)5)56-69-59(64)52-50-48-46-44-42-40-38-36-34-32-27-25-23-21-19-17-15-13-11-9-7-2/h8,10,14,16,20,22,26,28,30-31,35,37,41,43,58,62H,6-7,9,11-13,15,17-19,21,23-25,27,29,32-34,36,38-40,42,44-57H2,1-5H3/p+1/b10-8-,16-14-,22-20-,28-26-,31-30-,37-35-,43-41-. The lowest BCUT2D eigenvalue weighted by molar-refractivity contribution is -0.870. The molecule has 0 aliphatic carbocycles. The molecule has 0 bridgehead atoms. The molecule has 0 aromatic carbocycles. The van der Waals surface area contributed by atoms with Gasteiger partial charge in [0, 0.05) is 12.8 Å². The molecule has 0 fully saturated rings. The van der Waals surface area contributed by atoms with E-state index in [1.54, 1.807) is 0 Å². The molecule has 0 spiro atoms. The number of carbonyl (C=O) groups excluding carboxylic acids is 2. The summed E-state index contributed by atoms with van der Waals surface area (Å²) in [6, 6.07) is 0. The highest BCUT2D eigenvalue weighted by molar-refractivity contribution is 5.71. The first-order chi connectivity index (χ1) is 34.6. The highest BCUT2D eigenvalue weighted by atomic mass is 16.7. The number of nitrogens with zero attached hydrogens (tertiary/aromatic N) is 1. The van der Waals surface area contributed by atoms with Crippen LogP contribution in [0, 0.1) is 0 Å². The van der Waals surface area contributed by atoms with Gasteiger partial charge in [-0.05, 0) is 70.6 Å². The van der Waals surface area contributed by atoms with Crippen molar-refractivity contribution < 1.29 is 42.9 Å². The normalized spacial score (nSPS) is 13.4. The molecular formula is C62H108NO8+. The minimum Gasteiger partial charge on any atom is -0.477 e. The Morgan fingerprint density at radius 2 is 0.803 bits per heavy atom.